The summed E-state index contributed by atoms with van der Waals surface area (Å²) in [6.07, 6.45) is 1.78. The second kappa shape index (κ2) is 8.53. The lowest BCUT2D eigenvalue weighted by Crippen LogP contribution is -2.46. The minimum Gasteiger partial charge on any atom is -0.495 e. The molecule has 0 atom stereocenters. The van der Waals surface area contributed by atoms with E-state index in [1.54, 1.807) is 12.1 Å². The lowest BCUT2D eigenvalue weighted by Gasteiger charge is -2.32. The minimum absolute atomic E-state index is 0.117. The van der Waals surface area contributed by atoms with E-state index in [0.717, 1.165) is 38.0 Å². The van der Waals surface area contributed by atoms with E-state index in [2.05, 4.69) is 22.1 Å². The highest BCUT2D eigenvalue weighted by Crippen LogP contribution is 2.25. The molecule has 4 N–H and O–H groups in total. The molecule has 0 radical (unpaired) electrons. The summed E-state index contributed by atoms with van der Waals surface area (Å²) in [5.74, 6) is -0.0903. The standard InChI is InChI=1S/C18H26N4O3/c1-12(2)11-22-8-6-14(7-9-22)20-18(24)21-15-10-13(17(19)23)4-5-16(15)25-3/h4-5,10,14H,1,6-9,11H2,2-3H3,(H2,19,23)(H2,20,21,24). The molecule has 1 fully saturated rings. The van der Waals surface area contributed by atoms with Gasteiger partial charge in [0.1, 0.15) is 5.75 Å². The van der Waals surface area contributed by atoms with Crippen molar-refractivity contribution >= 4 is 17.6 Å². The predicted molar refractivity (Wildman–Crippen MR) is 97.9 cm³/mol. The van der Waals surface area contributed by atoms with Crippen LogP contribution >= 0.6 is 0 Å². The number of primary amides is 1. The van der Waals surface area contributed by atoms with Crippen LogP contribution in [0.5, 0.6) is 5.75 Å². The van der Waals surface area contributed by atoms with Gasteiger partial charge >= 0.3 is 6.03 Å². The molecule has 0 bridgehead atoms. The van der Waals surface area contributed by atoms with Crippen LogP contribution in [-0.2, 0) is 0 Å². The lowest BCUT2D eigenvalue weighted by molar-refractivity contribution is 0.1000. The first-order chi connectivity index (χ1) is 11.9. The number of amides is 3. The van der Waals surface area contributed by atoms with Gasteiger partial charge < -0.3 is 21.1 Å². The number of nitrogens with one attached hydrogen (secondary N) is 2. The number of carbonyl (C=O) groups is 2. The smallest absolute Gasteiger partial charge is 0.319 e. The molecule has 136 valence electrons. The van der Waals surface area contributed by atoms with Gasteiger partial charge in [-0.2, -0.15) is 0 Å². The van der Waals surface area contributed by atoms with Crippen molar-refractivity contribution in [1.82, 2.24) is 10.2 Å². The first kappa shape index (κ1) is 18.8. The predicted octanol–water partition coefficient (Wildman–Crippen LogP) is 1.96. The molecule has 0 spiro atoms. The maximum atomic E-state index is 12.3. The van der Waals surface area contributed by atoms with Gasteiger partial charge in [0, 0.05) is 31.2 Å². The van der Waals surface area contributed by atoms with Crippen molar-refractivity contribution in [2.45, 2.75) is 25.8 Å². The van der Waals surface area contributed by atoms with E-state index < -0.39 is 5.91 Å². The van der Waals surface area contributed by atoms with E-state index in [-0.39, 0.29) is 12.1 Å². The molecule has 1 aromatic carbocycles. The highest BCUT2D eigenvalue weighted by Gasteiger charge is 2.21. The summed E-state index contributed by atoms with van der Waals surface area (Å²) in [5.41, 5.74) is 7.15. The van der Waals surface area contributed by atoms with E-state index in [1.165, 1.54) is 13.2 Å². The number of nitrogens with zero attached hydrogens (tertiary/aromatic N) is 1. The molecule has 3 amide bonds. The summed E-state index contributed by atoms with van der Waals surface area (Å²) in [6.45, 7) is 8.71. The number of anilines is 1. The number of hydrogen-bond acceptors (Lipinski definition) is 4. The number of hydrogen-bond donors (Lipinski definition) is 3. The zero-order chi connectivity index (χ0) is 18.4. The molecule has 1 aromatic rings. The van der Waals surface area contributed by atoms with Crippen LogP contribution in [0.1, 0.15) is 30.1 Å². The molecule has 7 heteroatoms. The molecule has 1 saturated heterocycles. The second-order valence-corrected chi connectivity index (χ2v) is 6.39. The average molecular weight is 346 g/mol. The third-order valence-corrected chi connectivity index (χ3v) is 4.15. The van der Waals surface area contributed by atoms with Gasteiger partial charge in [0.05, 0.1) is 12.8 Å². The maximum Gasteiger partial charge on any atom is 0.319 e. The molecule has 1 heterocycles. The van der Waals surface area contributed by atoms with Crippen LogP contribution in [0, 0.1) is 0 Å². The van der Waals surface area contributed by atoms with Gasteiger partial charge in [-0.15, -0.1) is 0 Å². The number of rotatable bonds is 6. The molecule has 0 saturated carbocycles. The van der Waals surface area contributed by atoms with Gasteiger partial charge in [-0.3, -0.25) is 9.69 Å². The first-order valence-corrected chi connectivity index (χ1v) is 8.31. The van der Waals surface area contributed by atoms with Crippen LogP contribution in [0.15, 0.2) is 30.4 Å². The van der Waals surface area contributed by atoms with E-state index in [0.29, 0.717) is 17.0 Å². The van der Waals surface area contributed by atoms with Gasteiger partial charge in [0.15, 0.2) is 0 Å². The average Bonchev–Trinajstić information content (AvgIpc) is 2.56. The number of likely N-dealkylation sites (tertiary alicyclic amines) is 1. The van der Waals surface area contributed by atoms with Gasteiger partial charge in [-0.25, -0.2) is 4.79 Å². The van der Waals surface area contributed by atoms with Crippen molar-refractivity contribution in [1.29, 1.82) is 0 Å². The maximum absolute atomic E-state index is 12.3. The Kier molecular flexibility index (Phi) is 6.41. The normalized spacial score (nSPS) is 15.4. The quantitative estimate of drug-likeness (QED) is 0.686. The fraction of sp³-hybridized carbons (Fsp3) is 0.444. The van der Waals surface area contributed by atoms with Crippen LogP contribution < -0.4 is 21.1 Å². The van der Waals surface area contributed by atoms with E-state index in [4.69, 9.17) is 10.5 Å². The first-order valence-electron chi connectivity index (χ1n) is 8.31. The molecular formula is C18H26N4O3. The van der Waals surface area contributed by atoms with Gasteiger partial charge in [-0.05, 0) is 38.0 Å². The molecule has 25 heavy (non-hydrogen) atoms. The van der Waals surface area contributed by atoms with Crippen LogP contribution in [0.25, 0.3) is 0 Å². The van der Waals surface area contributed by atoms with Crippen molar-refractivity contribution < 1.29 is 14.3 Å². The number of piperidine rings is 1. The topological polar surface area (TPSA) is 96.7 Å². The number of nitrogens with two attached hydrogens (primary N) is 1. The Balaban J connectivity index is 1.91. The number of urea groups is 1. The Morgan fingerprint density at radius 1 is 1.36 bits per heavy atom. The van der Waals surface area contributed by atoms with E-state index in [9.17, 15) is 9.59 Å². The zero-order valence-corrected chi connectivity index (χ0v) is 14.8. The molecule has 7 nitrogen and oxygen atoms in total. The molecule has 0 aliphatic carbocycles. The summed E-state index contributed by atoms with van der Waals surface area (Å²) in [6, 6.07) is 4.47. The molecule has 2 rings (SSSR count). The Morgan fingerprint density at radius 2 is 2.04 bits per heavy atom. The number of carbonyl (C=O) groups excluding carboxylic acids is 2. The van der Waals surface area contributed by atoms with Gasteiger partial charge in [-0.1, -0.05) is 12.2 Å². The van der Waals surface area contributed by atoms with Crippen molar-refractivity contribution in [2.75, 3.05) is 32.1 Å². The molecule has 0 unspecified atom stereocenters. The van der Waals surface area contributed by atoms with Gasteiger partial charge in [0.2, 0.25) is 5.91 Å². The van der Waals surface area contributed by atoms with E-state index in [1.807, 2.05) is 6.92 Å². The van der Waals surface area contributed by atoms with Crippen LogP contribution in [0.2, 0.25) is 0 Å². The highest BCUT2D eigenvalue weighted by molar-refractivity contribution is 5.97. The third-order valence-electron chi connectivity index (χ3n) is 4.15. The Hall–Kier alpha value is -2.54. The Bertz CT molecular complexity index is 652. The summed E-state index contributed by atoms with van der Waals surface area (Å²) in [5, 5.41) is 5.71. The Morgan fingerprint density at radius 3 is 2.60 bits per heavy atom. The van der Waals surface area contributed by atoms with Crippen LogP contribution in [-0.4, -0.2) is 49.6 Å². The lowest BCUT2D eigenvalue weighted by atomic mass is 10.0. The molecule has 1 aliphatic heterocycles. The van der Waals surface area contributed by atoms with Crippen LogP contribution in [0.3, 0.4) is 0 Å². The van der Waals surface area contributed by atoms with Crippen molar-refractivity contribution in [2.24, 2.45) is 5.73 Å². The summed E-state index contributed by atoms with van der Waals surface area (Å²) < 4.78 is 5.21. The fourth-order valence-corrected chi connectivity index (χ4v) is 2.92. The summed E-state index contributed by atoms with van der Waals surface area (Å²) >= 11 is 0. The fourth-order valence-electron chi connectivity index (χ4n) is 2.92. The second-order valence-electron chi connectivity index (χ2n) is 6.39. The minimum atomic E-state index is -0.559. The summed E-state index contributed by atoms with van der Waals surface area (Å²) in [4.78, 5) is 25.9. The molecule has 0 aromatic heterocycles. The molecule has 1 aliphatic rings. The third kappa shape index (κ3) is 5.49. The summed E-state index contributed by atoms with van der Waals surface area (Å²) in [7, 11) is 1.50. The van der Waals surface area contributed by atoms with Crippen molar-refractivity contribution in [3.05, 3.63) is 35.9 Å². The van der Waals surface area contributed by atoms with Crippen LogP contribution in [0.4, 0.5) is 10.5 Å². The monoisotopic (exact) mass is 346 g/mol. The number of ether oxygens (including phenoxy) is 1. The van der Waals surface area contributed by atoms with Crippen molar-refractivity contribution in [3.8, 4) is 5.75 Å². The Labute approximate surface area is 148 Å². The largest absolute Gasteiger partial charge is 0.495 e. The van der Waals surface area contributed by atoms with Crippen molar-refractivity contribution in [3.63, 3.8) is 0 Å². The van der Waals surface area contributed by atoms with Gasteiger partial charge in [0.25, 0.3) is 0 Å². The zero-order valence-electron chi connectivity index (χ0n) is 14.8. The van der Waals surface area contributed by atoms with E-state index >= 15 is 0 Å². The SMILES string of the molecule is C=C(C)CN1CCC(NC(=O)Nc2cc(C(N)=O)ccc2OC)CC1. The number of methoxy groups -OCH3 is 1. The highest BCUT2D eigenvalue weighted by atomic mass is 16.5. The molecular weight excluding hydrogens is 320 g/mol. The number of benzene rings is 1.